The molecule has 0 radical (unpaired) electrons. The monoisotopic (exact) mass is 473 g/mol. The molecule has 33 heavy (non-hydrogen) atoms. The summed E-state index contributed by atoms with van der Waals surface area (Å²) in [5.41, 5.74) is 1.07. The van der Waals surface area contributed by atoms with Crippen LogP contribution in [0.15, 0.2) is 51.9 Å². The second-order valence-electron chi connectivity index (χ2n) is 7.66. The van der Waals surface area contributed by atoms with E-state index in [1.54, 1.807) is 30.3 Å². The molecule has 1 fully saturated rings. The molecule has 1 aliphatic rings. The van der Waals surface area contributed by atoms with Crippen molar-refractivity contribution in [2.75, 3.05) is 32.3 Å². The van der Waals surface area contributed by atoms with Crippen LogP contribution in [-0.2, 0) is 14.6 Å². The average Bonchev–Trinajstić information content (AvgIpc) is 3.15. The number of carbonyl (C=O) groups excluding carboxylic acids is 1. The highest BCUT2D eigenvalue weighted by atomic mass is 32.2. The number of benzene rings is 2. The van der Waals surface area contributed by atoms with E-state index in [0.717, 1.165) is 0 Å². The third-order valence-electron chi connectivity index (χ3n) is 5.41. The Morgan fingerprint density at radius 2 is 1.91 bits per heavy atom. The first-order chi connectivity index (χ1) is 15.8. The number of sulfone groups is 1. The van der Waals surface area contributed by atoms with Gasteiger partial charge in [-0.2, -0.15) is 0 Å². The highest BCUT2D eigenvalue weighted by Crippen LogP contribution is 2.32. The van der Waals surface area contributed by atoms with Crippen molar-refractivity contribution in [3.63, 3.8) is 0 Å². The normalized spacial score (nSPS) is 17.0. The van der Waals surface area contributed by atoms with Crippen LogP contribution in [0.1, 0.15) is 6.42 Å². The van der Waals surface area contributed by atoms with Gasteiger partial charge in [0.1, 0.15) is 17.6 Å². The molecule has 2 heterocycles. The van der Waals surface area contributed by atoms with Gasteiger partial charge in [-0.15, -0.1) is 0 Å². The Morgan fingerprint density at radius 1 is 1.12 bits per heavy atom. The van der Waals surface area contributed by atoms with Crippen LogP contribution in [0.3, 0.4) is 0 Å². The summed E-state index contributed by atoms with van der Waals surface area (Å²) < 4.78 is 44.7. The summed E-state index contributed by atoms with van der Waals surface area (Å²) in [5, 5.41) is 3.02. The van der Waals surface area contributed by atoms with E-state index in [1.165, 1.54) is 26.5 Å². The number of fused-ring (bicyclic) bond motifs is 1. The molecular weight excluding hydrogens is 450 g/mol. The maximum absolute atomic E-state index is 13.0. The van der Waals surface area contributed by atoms with Gasteiger partial charge in [0.05, 0.1) is 36.7 Å². The number of nitrogens with one attached hydrogen (secondary N) is 1. The molecule has 174 valence electrons. The fourth-order valence-electron chi connectivity index (χ4n) is 3.73. The standard InChI is InChI=1S/C23H23NO8S/c1-29-19-6-3-14(9-21(19)30-2)18-11-32-20-10-16(4-5-17(20)23(18)26)31-12-22(25)24-15-7-8-33(27,28)13-15/h3-6,9-11,15H,7-8,12-13H2,1-2H3,(H,24,25)/t15-/m1/s1. The van der Waals surface area contributed by atoms with E-state index in [9.17, 15) is 18.0 Å². The average molecular weight is 474 g/mol. The lowest BCUT2D eigenvalue weighted by Gasteiger charge is -2.12. The van der Waals surface area contributed by atoms with Gasteiger partial charge in [-0.05, 0) is 36.2 Å². The van der Waals surface area contributed by atoms with Crippen LogP contribution in [0.2, 0.25) is 0 Å². The third-order valence-corrected chi connectivity index (χ3v) is 7.18. The van der Waals surface area contributed by atoms with Crippen molar-refractivity contribution in [1.82, 2.24) is 5.32 Å². The molecule has 3 aromatic rings. The summed E-state index contributed by atoms with van der Waals surface area (Å²) in [6.45, 7) is -0.282. The molecule has 0 aliphatic carbocycles. The van der Waals surface area contributed by atoms with Crippen molar-refractivity contribution < 1.29 is 31.8 Å². The van der Waals surface area contributed by atoms with Gasteiger partial charge in [-0.25, -0.2) is 8.42 Å². The van der Waals surface area contributed by atoms with Crippen LogP contribution >= 0.6 is 0 Å². The highest BCUT2D eigenvalue weighted by Gasteiger charge is 2.28. The van der Waals surface area contributed by atoms with Crippen LogP contribution in [0.4, 0.5) is 0 Å². The van der Waals surface area contributed by atoms with Crippen LogP contribution in [0.25, 0.3) is 22.1 Å². The van der Waals surface area contributed by atoms with E-state index >= 15 is 0 Å². The molecule has 2 aromatic carbocycles. The Labute approximate surface area is 190 Å². The van der Waals surface area contributed by atoms with E-state index in [4.69, 9.17) is 18.6 Å². The van der Waals surface area contributed by atoms with Crippen LogP contribution < -0.4 is 25.0 Å². The second-order valence-corrected chi connectivity index (χ2v) is 9.89. The van der Waals surface area contributed by atoms with Crippen LogP contribution in [0.5, 0.6) is 17.2 Å². The zero-order valence-electron chi connectivity index (χ0n) is 18.1. The molecule has 0 spiro atoms. The summed E-state index contributed by atoms with van der Waals surface area (Å²) in [4.78, 5) is 25.1. The number of hydrogen-bond donors (Lipinski definition) is 1. The zero-order chi connectivity index (χ0) is 23.6. The summed E-state index contributed by atoms with van der Waals surface area (Å²) >= 11 is 0. The van der Waals surface area contributed by atoms with Gasteiger partial charge in [0.25, 0.3) is 5.91 Å². The summed E-state index contributed by atoms with van der Waals surface area (Å²) in [7, 11) is -0.0307. The molecular formula is C23H23NO8S. The van der Waals surface area contributed by atoms with Gasteiger partial charge in [0.15, 0.2) is 33.4 Å². The van der Waals surface area contributed by atoms with Crippen LogP contribution in [0, 0.1) is 0 Å². The van der Waals surface area contributed by atoms with Crippen molar-refractivity contribution in [1.29, 1.82) is 0 Å². The molecule has 1 aliphatic heterocycles. The van der Waals surface area contributed by atoms with Gasteiger partial charge in [0.2, 0.25) is 0 Å². The lowest BCUT2D eigenvalue weighted by atomic mass is 10.0. The molecule has 9 nitrogen and oxygen atoms in total. The Kier molecular flexibility index (Phi) is 6.28. The fraction of sp³-hybridized carbons (Fsp3) is 0.304. The van der Waals surface area contributed by atoms with Crippen molar-refractivity contribution in [3.05, 3.63) is 52.9 Å². The molecule has 10 heteroatoms. The van der Waals surface area contributed by atoms with Gasteiger partial charge < -0.3 is 23.9 Å². The number of ether oxygens (including phenoxy) is 3. The minimum Gasteiger partial charge on any atom is -0.493 e. The minimum atomic E-state index is -3.08. The second kappa shape index (κ2) is 9.14. The van der Waals surface area contributed by atoms with E-state index < -0.39 is 21.8 Å². The molecule has 1 saturated heterocycles. The Bertz CT molecular complexity index is 1360. The SMILES string of the molecule is COc1ccc(-c2coc3cc(OCC(=O)N[C@@H]4CCS(=O)(=O)C4)ccc3c2=O)cc1OC. The first kappa shape index (κ1) is 22.7. The van der Waals surface area contributed by atoms with E-state index in [1.807, 2.05) is 0 Å². The molecule has 1 N–H and O–H groups in total. The number of methoxy groups -OCH3 is 2. The number of amides is 1. The number of carbonyl (C=O) groups is 1. The topological polar surface area (TPSA) is 121 Å². The first-order valence-corrected chi connectivity index (χ1v) is 12.0. The van der Waals surface area contributed by atoms with Crippen molar-refractivity contribution in [2.45, 2.75) is 12.5 Å². The van der Waals surface area contributed by atoms with Gasteiger partial charge in [-0.1, -0.05) is 6.07 Å². The largest absolute Gasteiger partial charge is 0.493 e. The highest BCUT2D eigenvalue weighted by molar-refractivity contribution is 7.91. The first-order valence-electron chi connectivity index (χ1n) is 10.2. The maximum atomic E-state index is 13.0. The zero-order valence-corrected chi connectivity index (χ0v) is 18.9. The maximum Gasteiger partial charge on any atom is 0.258 e. The number of rotatable bonds is 7. The summed E-state index contributed by atoms with van der Waals surface area (Å²) in [6, 6.07) is 9.43. The quantitative estimate of drug-likeness (QED) is 0.554. The van der Waals surface area contributed by atoms with Crippen LogP contribution in [-0.4, -0.2) is 52.7 Å². The van der Waals surface area contributed by atoms with Crippen molar-refractivity contribution in [2.24, 2.45) is 0 Å². The third kappa shape index (κ3) is 4.95. The molecule has 0 unspecified atom stereocenters. The molecule has 1 amide bonds. The predicted molar refractivity (Wildman–Crippen MR) is 122 cm³/mol. The smallest absolute Gasteiger partial charge is 0.258 e. The Balaban J connectivity index is 1.49. The minimum absolute atomic E-state index is 0.0533. The molecule has 1 aromatic heterocycles. The lowest BCUT2D eigenvalue weighted by molar-refractivity contribution is -0.123. The fourth-order valence-corrected chi connectivity index (χ4v) is 5.40. The predicted octanol–water partition coefficient (Wildman–Crippen LogP) is 2.16. The van der Waals surface area contributed by atoms with Crippen molar-refractivity contribution in [3.8, 4) is 28.4 Å². The molecule has 1 atom stereocenters. The molecule has 0 saturated carbocycles. The van der Waals surface area contributed by atoms with Gasteiger partial charge >= 0.3 is 0 Å². The van der Waals surface area contributed by atoms with Crippen molar-refractivity contribution >= 4 is 26.7 Å². The lowest BCUT2D eigenvalue weighted by Crippen LogP contribution is -2.38. The molecule has 0 bridgehead atoms. The summed E-state index contributed by atoms with van der Waals surface area (Å²) in [5.74, 6) is 0.996. The Hall–Kier alpha value is -3.53. The van der Waals surface area contributed by atoms with Gasteiger partial charge in [-0.3, -0.25) is 9.59 Å². The van der Waals surface area contributed by atoms with Gasteiger partial charge in [0, 0.05) is 12.1 Å². The summed E-state index contributed by atoms with van der Waals surface area (Å²) in [6.07, 6.45) is 1.76. The Morgan fingerprint density at radius 3 is 2.61 bits per heavy atom. The van der Waals surface area contributed by atoms with E-state index in [-0.39, 0.29) is 23.5 Å². The molecule has 4 rings (SSSR count). The number of hydrogen-bond acceptors (Lipinski definition) is 8. The van der Waals surface area contributed by atoms with E-state index in [0.29, 0.717) is 45.8 Å². The van der Waals surface area contributed by atoms with E-state index in [2.05, 4.69) is 5.32 Å².